The molecule has 20 N–H and O–H groups in total. The molecular weight excluding hydrogens is 1610 g/mol. The average molecular weight is 1700 g/mol. The minimum Gasteiger partial charge on any atom is -0.508 e. The third-order valence-corrected chi connectivity index (χ3v) is 22.3. The van der Waals surface area contributed by atoms with E-state index in [9.17, 15) is 65.1 Å². The summed E-state index contributed by atoms with van der Waals surface area (Å²) in [5.41, 5.74) is 4.69. The van der Waals surface area contributed by atoms with Crippen molar-refractivity contribution >= 4 is 76.4 Å². The summed E-state index contributed by atoms with van der Waals surface area (Å²) < 4.78 is 44.7. The third kappa shape index (κ3) is 18.7. The van der Waals surface area contributed by atoms with E-state index in [4.69, 9.17) is 62.1 Å². The number of ether oxygens (including phenoxy) is 7. The first kappa shape index (κ1) is 86.6. The van der Waals surface area contributed by atoms with Gasteiger partial charge in [-0.05, 0) is 132 Å². The van der Waals surface area contributed by atoms with E-state index in [1.54, 1.807) is 13.8 Å². The number of halogens is 2. The zero-order valence-electron chi connectivity index (χ0n) is 65.0. The summed E-state index contributed by atoms with van der Waals surface area (Å²) in [6.07, 6.45) is -18.7. The van der Waals surface area contributed by atoms with Gasteiger partial charge in [0.1, 0.15) is 102 Å². The van der Waals surface area contributed by atoms with Crippen molar-refractivity contribution in [3.05, 3.63) is 177 Å². The number of aliphatic hydroxyl groups excluding tert-OH is 6. The maximum atomic E-state index is 16.3. The molecule has 35 nitrogen and oxygen atoms in total. The highest BCUT2D eigenvalue weighted by molar-refractivity contribution is 6.32. The molecule has 7 aromatic rings. The topological polar surface area (TPSA) is 535 Å². The molecule has 8 amide bonds. The Labute approximate surface area is 695 Å². The third-order valence-electron chi connectivity index (χ3n) is 21.8. The van der Waals surface area contributed by atoms with E-state index in [1.165, 1.54) is 25.2 Å². The SMILES string of the molecule is CN[C@H](CC(C)C)C(=O)N[C@H]1C(=O)N[C@@H](CC(N)=O)C(=O)N[C@H]2C(=O)N[C@H]3C(=O)N[C@H](C(=O)N[C@H](C(=O)NC4CCOC4=O)c4cc(O)cc(O)c4-c4cc3ccc4O)[C@H](O)c3ccc(c(Cl)c3)Oc3cc2cc(c3O[C@@H]2O[C@H](CO)[C@@H](O)[C@H](O)[C@H]2O[C@H]2C[C@](C)(NCc3ccc(-c4ccccc4)cc3)[C@@H](O)[C@H](C)O2)Oc2ccc(cc2Cl)[C@H]1O. The number of phenolic OH excluding ortho intramolecular Hbond substituents is 3. The molecule has 7 aromatic carbocycles. The number of rotatable bonds is 18. The first-order valence-electron chi connectivity index (χ1n) is 38.5. The first-order valence-corrected chi connectivity index (χ1v) is 39.2. The monoisotopic (exact) mass is 1700 g/mol. The van der Waals surface area contributed by atoms with E-state index >= 15 is 24.0 Å². The normalized spacial score (nSPS) is 27.8. The van der Waals surface area contributed by atoms with Crippen molar-refractivity contribution in [3.63, 3.8) is 0 Å². The van der Waals surface area contributed by atoms with E-state index in [0.29, 0.717) is 0 Å². The van der Waals surface area contributed by atoms with Gasteiger partial charge >= 0.3 is 5.97 Å². The number of aliphatic hydroxyl groups is 6. The molecule has 0 aliphatic carbocycles. The van der Waals surface area contributed by atoms with Gasteiger partial charge in [-0.1, -0.05) is 110 Å². The van der Waals surface area contributed by atoms with Crippen LogP contribution in [0.1, 0.15) is 117 Å². The molecule has 1 unspecified atom stereocenters. The lowest BCUT2D eigenvalue weighted by atomic mass is 9.84. The van der Waals surface area contributed by atoms with Gasteiger partial charge in [-0.15, -0.1) is 0 Å². The van der Waals surface area contributed by atoms with Gasteiger partial charge in [0.15, 0.2) is 23.9 Å². The number of amides is 8. The zero-order valence-corrected chi connectivity index (χ0v) is 66.5. The van der Waals surface area contributed by atoms with Crippen molar-refractivity contribution in [2.75, 3.05) is 20.3 Å². The van der Waals surface area contributed by atoms with Crippen LogP contribution in [0.4, 0.5) is 0 Å². The molecule has 15 rings (SSSR count). The number of likely N-dealkylation sites (N-methyl/N-ethyl adjacent to an activating group) is 1. The van der Waals surface area contributed by atoms with Crippen molar-refractivity contribution < 1.29 is 122 Å². The van der Waals surface area contributed by atoms with Gasteiger partial charge in [0.2, 0.25) is 59.3 Å². The van der Waals surface area contributed by atoms with E-state index in [0.717, 1.165) is 77.4 Å². The summed E-state index contributed by atoms with van der Waals surface area (Å²) in [4.78, 5) is 133. The number of hydrogen-bond donors (Lipinski definition) is 19. The molecule has 37 heteroatoms. The van der Waals surface area contributed by atoms with E-state index in [-0.39, 0.29) is 65.8 Å². The van der Waals surface area contributed by atoms with Crippen LogP contribution < -0.4 is 67.8 Å². The molecule has 0 saturated carbocycles. The summed E-state index contributed by atoms with van der Waals surface area (Å²) in [5.74, 6) is -16.2. The number of primary amides is 1. The quantitative estimate of drug-likeness (QED) is 0.0549. The number of carbonyl (C=O) groups is 9. The second kappa shape index (κ2) is 36.3. The number of fused-ring (bicyclic) bond motifs is 15. The molecule has 636 valence electrons. The lowest BCUT2D eigenvalue weighted by Gasteiger charge is -2.48. The van der Waals surface area contributed by atoms with Crippen LogP contribution in [0.3, 0.4) is 0 Å². The van der Waals surface area contributed by atoms with Crippen molar-refractivity contribution in [1.82, 2.24) is 47.9 Å². The summed E-state index contributed by atoms with van der Waals surface area (Å²) >= 11 is 14.4. The Balaban J connectivity index is 0.988. The summed E-state index contributed by atoms with van der Waals surface area (Å²) in [5, 5.41) is 130. The van der Waals surface area contributed by atoms with Crippen LogP contribution in [0.25, 0.3) is 22.3 Å². The largest absolute Gasteiger partial charge is 0.508 e. The Morgan fingerprint density at radius 1 is 0.667 bits per heavy atom. The van der Waals surface area contributed by atoms with E-state index in [1.807, 2.05) is 68.4 Å². The number of carbonyl (C=O) groups excluding carboxylic acids is 9. The number of hydrogen-bond acceptors (Lipinski definition) is 27. The minimum atomic E-state index is -2.37. The van der Waals surface area contributed by atoms with E-state index in [2.05, 4.69) is 47.9 Å². The molecule has 19 atom stereocenters. The highest BCUT2D eigenvalue weighted by Gasteiger charge is 2.52. The molecule has 0 aromatic heterocycles. The van der Waals surface area contributed by atoms with Crippen LogP contribution in [-0.2, 0) is 68.6 Å². The van der Waals surface area contributed by atoms with Gasteiger partial charge in [0.05, 0.1) is 47.9 Å². The molecule has 8 heterocycles. The fourth-order valence-electron chi connectivity index (χ4n) is 15.3. The standard InChI is InChI=1S/C83H90Cl2N10O25/c1-35(2)23-50(87-5)74(106)94-65-67(101)41-16-19-54(47(84)25-41)116-56-27-43-28-57(71(56)120-82-72(70(104)69(103)58(34-96)118-82)119-60-32-83(4,73(105)36(3)115-60)88-33-37-11-13-39(14-12-37)38-9-7-6-8-10-38)117-55-20-17-42(26-48(55)85)68(102)66-80(112)93-64(78(110)89-49-21-22-114-81(49)113)46-29-44(97)30-53(99)61(46)45-24-40(15-18-52(45)98)62(76(108)95-66)92-77(109)63(43)91-75(107)51(31-59(86)100)90-79(65)111/h6-20,24-30,35-36,49-51,58,60,62-70,72-73,82,87-88,96-99,101-105H,21-23,31-34H2,1-5H3,(H2,86,100)(H,89,110)(H,90,111)(H,91,107)(H,92,109)(H,93,112)(H,94,106)(H,95,108)/t36-,49?,50+,51-,58+,60-,62+,63+,64-,65+,66-,67+,68+,69+,70-,72+,73-,82-,83-/m0/s1. The van der Waals surface area contributed by atoms with Gasteiger partial charge in [0.25, 0.3) is 0 Å². The van der Waals surface area contributed by atoms with Crippen LogP contribution >= 0.6 is 23.2 Å². The molecular formula is C83H90Cl2N10O25. The highest BCUT2D eigenvalue weighted by Crippen LogP contribution is 2.50. The van der Waals surface area contributed by atoms with Crippen molar-refractivity contribution in [2.24, 2.45) is 11.7 Å². The molecule has 8 aliphatic rings. The summed E-state index contributed by atoms with van der Waals surface area (Å²) in [6, 6.07) is 15.9. The number of esters is 1. The predicted molar refractivity (Wildman–Crippen MR) is 424 cm³/mol. The van der Waals surface area contributed by atoms with Crippen LogP contribution in [0.5, 0.6) is 46.0 Å². The molecule has 0 radical (unpaired) electrons. The van der Waals surface area contributed by atoms with Gasteiger partial charge in [-0.2, -0.15) is 0 Å². The van der Waals surface area contributed by atoms with Crippen LogP contribution in [0.15, 0.2) is 133 Å². The summed E-state index contributed by atoms with van der Waals surface area (Å²) in [7, 11) is 1.48. The van der Waals surface area contributed by atoms with Crippen molar-refractivity contribution in [2.45, 2.75) is 175 Å². The predicted octanol–water partition coefficient (Wildman–Crippen LogP) is 2.95. The van der Waals surface area contributed by atoms with E-state index < -0.39 is 249 Å². The maximum absolute atomic E-state index is 16.3. The zero-order chi connectivity index (χ0) is 86.0. The van der Waals surface area contributed by atoms with Gasteiger partial charge in [-0.3, -0.25) is 38.4 Å². The average Bonchev–Trinajstić information content (AvgIpc) is 0.905. The second-order valence-corrected chi connectivity index (χ2v) is 31.5. The number of nitrogens with two attached hydrogens (primary N) is 1. The Morgan fingerprint density at radius 3 is 1.93 bits per heavy atom. The Kier molecular flexibility index (Phi) is 26.2. The van der Waals surface area contributed by atoms with Gasteiger partial charge < -0.3 is 133 Å². The second-order valence-electron chi connectivity index (χ2n) is 30.7. The van der Waals surface area contributed by atoms with Gasteiger partial charge in [0, 0.05) is 42.1 Å². The summed E-state index contributed by atoms with van der Waals surface area (Å²) in [6.45, 7) is 6.06. The van der Waals surface area contributed by atoms with Crippen LogP contribution in [0, 0.1) is 5.92 Å². The van der Waals surface area contributed by atoms with Gasteiger partial charge in [-0.25, -0.2) is 4.79 Å². The smallest absolute Gasteiger partial charge is 0.328 e. The molecule has 8 aliphatic heterocycles. The molecule has 3 saturated heterocycles. The number of phenols is 3. The molecule has 3 fully saturated rings. The maximum Gasteiger partial charge on any atom is 0.328 e. The fraction of sp³-hybridized carbons (Fsp3) is 0.386. The highest BCUT2D eigenvalue weighted by atomic mass is 35.5. The molecule has 11 bridgehead atoms. The lowest BCUT2D eigenvalue weighted by Crippen LogP contribution is -2.65. The number of benzene rings is 7. The first-order chi connectivity index (χ1) is 57.2. The van der Waals surface area contributed by atoms with Crippen LogP contribution in [-0.4, -0.2) is 204 Å². The fourth-order valence-corrected chi connectivity index (χ4v) is 15.7. The minimum absolute atomic E-state index is 0.0498. The Bertz CT molecular complexity index is 5090. The lowest BCUT2D eigenvalue weighted by molar-refractivity contribution is -0.334. The van der Waals surface area contributed by atoms with Crippen LogP contribution in [0.2, 0.25) is 10.0 Å². The Morgan fingerprint density at radius 2 is 1.30 bits per heavy atom. The Hall–Kier alpha value is -11.3. The van der Waals surface area contributed by atoms with Crippen molar-refractivity contribution in [3.8, 4) is 68.2 Å². The van der Waals surface area contributed by atoms with Crippen molar-refractivity contribution in [1.29, 1.82) is 0 Å². The number of cyclic esters (lactones) is 1. The molecule has 0 spiro atoms. The number of aromatic hydroxyl groups is 3. The number of nitrogens with one attached hydrogen (secondary N) is 9. The molecule has 120 heavy (non-hydrogen) atoms.